The van der Waals surface area contributed by atoms with Gasteiger partial charge in [0.2, 0.25) is 0 Å². The van der Waals surface area contributed by atoms with Crippen LogP contribution in [0, 0.1) is 0 Å². The van der Waals surface area contributed by atoms with Crippen LogP contribution < -0.4 is 0 Å². The lowest BCUT2D eigenvalue weighted by Gasteiger charge is -2.17. The maximum Gasteiger partial charge on any atom is 0.0542 e. The van der Waals surface area contributed by atoms with Crippen LogP contribution in [0.15, 0.2) is 267 Å². The molecular formula is C66H44N2. The van der Waals surface area contributed by atoms with Gasteiger partial charge in [-0.1, -0.05) is 206 Å². The van der Waals surface area contributed by atoms with Crippen molar-refractivity contribution in [2.45, 2.75) is 0 Å². The highest BCUT2D eigenvalue weighted by Crippen LogP contribution is 2.45. The van der Waals surface area contributed by atoms with Gasteiger partial charge in [0.05, 0.1) is 22.1 Å². The summed E-state index contributed by atoms with van der Waals surface area (Å²) in [7, 11) is 0. The van der Waals surface area contributed by atoms with Gasteiger partial charge in [-0.05, 0) is 127 Å². The molecule has 0 saturated carbocycles. The van der Waals surface area contributed by atoms with Crippen LogP contribution in [0.25, 0.3) is 122 Å². The van der Waals surface area contributed by atoms with Crippen molar-refractivity contribution in [2.24, 2.45) is 0 Å². The van der Waals surface area contributed by atoms with Crippen molar-refractivity contribution in [3.8, 4) is 78.1 Å². The first-order valence-corrected chi connectivity index (χ1v) is 23.4. The van der Waals surface area contributed by atoms with Crippen LogP contribution in [0.4, 0.5) is 0 Å². The molecule has 0 aliphatic carbocycles. The van der Waals surface area contributed by atoms with Gasteiger partial charge in [0, 0.05) is 32.9 Å². The smallest absolute Gasteiger partial charge is 0.0542 e. The van der Waals surface area contributed by atoms with Gasteiger partial charge in [-0.25, -0.2) is 0 Å². The number of hydrogen-bond donors (Lipinski definition) is 0. The zero-order valence-corrected chi connectivity index (χ0v) is 37.3. The first kappa shape index (κ1) is 39.4. The lowest BCUT2D eigenvalue weighted by molar-refractivity contribution is 1.17. The normalized spacial score (nSPS) is 11.5. The Kier molecular flexibility index (Phi) is 9.54. The second kappa shape index (κ2) is 16.5. The van der Waals surface area contributed by atoms with Crippen molar-refractivity contribution in [3.05, 3.63) is 267 Å². The van der Waals surface area contributed by atoms with Gasteiger partial charge in [0.25, 0.3) is 0 Å². The number of nitrogens with zero attached hydrogens (tertiary/aromatic N) is 2. The molecule has 0 saturated heterocycles. The summed E-state index contributed by atoms with van der Waals surface area (Å²) in [6, 6.07) is 97.5. The molecule has 2 heterocycles. The second-order valence-electron chi connectivity index (χ2n) is 17.6. The summed E-state index contributed by atoms with van der Waals surface area (Å²) in [4.78, 5) is 0. The molecule has 2 nitrogen and oxygen atoms in total. The monoisotopic (exact) mass is 864 g/mol. The van der Waals surface area contributed by atoms with Gasteiger partial charge < -0.3 is 9.13 Å². The Hall–Kier alpha value is -8.98. The zero-order valence-electron chi connectivity index (χ0n) is 37.3. The lowest BCUT2D eigenvalue weighted by atomic mass is 9.87. The number of para-hydroxylation sites is 2. The summed E-state index contributed by atoms with van der Waals surface area (Å²) in [5, 5.41) is 4.86. The first-order chi connectivity index (χ1) is 33.8. The highest BCUT2D eigenvalue weighted by atomic mass is 15.0. The molecule has 0 aliphatic rings. The topological polar surface area (TPSA) is 9.86 Å². The van der Waals surface area contributed by atoms with E-state index < -0.39 is 0 Å². The predicted molar refractivity (Wildman–Crippen MR) is 288 cm³/mol. The fraction of sp³-hybridized carbons (Fsp3) is 0. The highest BCUT2D eigenvalue weighted by molar-refractivity contribution is 6.14. The van der Waals surface area contributed by atoms with Crippen molar-refractivity contribution in [1.82, 2.24) is 9.13 Å². The molecule has 0 bridgehead atoms. The van der Waals surface area contributed by atoms with Crippen molar-refractivity contribution in [3.63, 3.8) is 0 Å². The third-order valence-corrected chi connectivity index (χ3v) is 13.7. The van der Waals surface area contributed by atoms with E-state index in [9.17, 15) is 0 Å². The molecule has 13 rings (SSSR count). The van der Waals surface area contributed by atoms with E-state index in [0.29, 0.717) is 0 Å². The average molecular weight is 865 g/mol. The summed E-state index contributed by atoms with van der Waals surface area (Å²) in [6.45, 7) is 0. The van der Waals surface area contributed by atoms with Crippen LogP contribution in [-0.2, 0) is 0 Å². The maximum atomic E-state index is 2.46. The van der Waals surface area contributed by atoms with Gasteiger partial charge >= 0.3 is 0 Å². The molecule has 2 aromatic heterocycles. The Balaban J connectivity index is 1.04. The average Bonchev–Trinajstić information content (AvgIpc) is 3.93. The minimum Gasteiger partial charge on any atom is -0.309 e. The summed E-state index contributed by atoms with van der Waals surface area (Å²) in [5.74, 6) is 0. The third kappa shape index (κ3) is 6.57. The van der Waals surface area contributed by atoms with E-state index in [4.69, 9.17) is 0 Å². The minimum atomic E-state index is 1.12. The Bertz CT molecular complexity index is 3860. The van der Waals surface area contributed by atoms with Crippen LogP contribution in [-0.4, -0.2) is 9.13 Å². The second-order valence-corrected chi connectivity index (χ2v) is 17.6. The van der Waals surface area contributed by atoms with E-state index in [0.717, 1.165) is 11.4 Å². The van der Waals surface area contributed by atoms with Crippen molar-refractivity contribution in [2.75, 3.05) is 0 Å². The number of rotatable bonds is 8. The lowest BCUT2D eigenvalue weighted by Crippen LogP contribution is -1.96. The fourth-order valence-corrected chi connectivity index (χ4v) is 10.7. The van der Waals surface area contributed by atoms with Crippen LogP contribution in [0.2, 0.25) is 0 Å². The summed E-state index contributed by atoms with van der Waals surface area (Å²) < 4.78 is 4.88. The van der Waals surface area contributed by atoms with E-state index in [1.807, 2.05) is 0 Å². The molecule has 2 heteroatoms. The molecule has 318 valence electrons. The molecule has 0 fully saturated rings. The fourth-order valence-electron chi connectivity index (χ4n) is 10.7. The maximum absolute atomic E-state index is 2.46. The standard InChI is InChI=1S/C66H44N2/c1-6-20-45(21-7-1)53-31-18-32-54(46-22-8-2-9-23-46)65(53)49-36-39-62-58(42-49)57-30-16-17-35-61(57)68(62)52-38-41-64-60(44-52)59-43-50(37-40-63(59)67(64)51-28-14-5-15-29-51)66-55(47-24-10-3-11-25-47)33-19-34-56(66)48-26-12-4-13-27-48/h1-44H. The SMILES string of the molecule is c1ccc(-c2cccc(-c3ccccc3)c2-c2ccc3c(c2)c2ccccc2n3-c2ccc3c(c2)c2cc(-c4c(-c5ccccc5)cccc4-c4ccccc4)ccc2n3-c2ccccc2)cc1. The van der Waals surface area contributed by atoms with Gasteiger partial charge in [-0.2, -0.15) is 0 Å². The van der Waals surface area contributed by atoms with E-state index >= 15 is 0 Å². The van der Waals surface area contributed by atoms with Crippen LogP contribution >= 0.6 is 0 Å². The van der Waals surface area contributed by atoms with Crippen molar-refractivity contribution >= 4 is 43.6 Å². The Morgan fingerprint density at radius 2 is 0.529 bits per heavy atom. The first-order valence-electron chi connectivity index (χ1n) is 23.4. The molecule has 0 unspecified atom stereocenters. The van der Waals surface area contributed by atoms with E-state index in [1.54, 1.807) is 0 Å². The van der Waals surface area contributed by atoms with Crippen LogP contribution in [0.5, 0.6) is 0 Å². The number of aromatic nitrogens is 2. The number of fused-ring (bicyclic) bond motifs is 6. The quantitative estimate of drug-likeness (QED) is 0.144. The highest BCUT2D eigenvalue weighted by Gasteiger charge is 2.21. The summed E-state index contributed by atoms with van der Waals surface area (Å²) in [5.41, 5.74) is 21.5. The van der Waals surface area contributed by atoms with Gasteiger partial charge in [-0.3, -0.25) is 0 Å². The molecule has 68 heavy (non-hydrogen) atoms. The van der Waals surface area contributed by atoms with Gasteiger partial charge in [0.1, 0.15) is 0 Å². The molecule has 0 spiro atoms. The molecule has 0 amide bonds. The van der Waals surface area contributed by atoms with Crippen LogP contribution in [0.1, 0.15) is 0 Å². The number of hydrogen-bond acceptors (Lipinski definition) is 0. The molecule has 0 N–H and O–H groups in total. The summed E-state index contributed by atoms with van der Waals surface area (Å²) >= 11 is 0. The van der Waals surface area contributed by atoms with Crippen molar-refractivity contribution < 1.29 is 0 Å². The molecular weight excluding hydrogens is 821 g/mol. The van der Waals surface area contributed by atoms with Gasteiger partial charge in [0.15, 0.2) is 0 Å². The predicted octanol–water partition coefficient (Wildman–Crippen LogP) is 17.9. The molecule has 0 aliphatic heterocycles. The largest absolute Gasteiger partial charge is 0.309 e. The number of benzene rings is 11. The zero-order chi connectivity index (χ0) is 45.0. The minimum absolute atomic E-state index is 1.12. The van der Waals surface area contributed by atoms with E-state index in [-0.39, 0.29) is 0 Å². The van der Waals surface area contributed by atoms with E-state index in [2.05, 4.69) is 276 Å². The Morgan fingerprint density at radius 1 is 0.191 bits per heavy atom. The van der Waals surface area contributed by atoms with Crippen molar-refractivity contribution in [1.29, 1.82) is 0 Å². The van der Waals surface area contributed by atoms with Crippen LogP contribution in [0.3, 0.4) is 0 Å². The van der Waals surface area contributed by atoms with E-state index in [1.165, 1.54) is 110 Å². The molecule has 0 radical (unpaired) electrons. The summed E-state index contributed by atoms with van der Waals surface area (Å²) in [6.07, 6.45) is 0. The molecule has 13 aromatic rings. The third-order valence-electron chi connectivity index (χ3n) is 13.7. The molecule has 0 atom stereocenters. The Morgan fingerprint density at radius 3 is 0.985 bits per heavy atom. The molecule has 11 aromatic carbocycles. The Labute approximate surface area is 395 Å². The van der Waals surface area contributed by atoms with Gasteiger partial charge in [-0.15, -0.1) is 0 Å².